The van der Waals surface area contributed by atoms with Crippen molar-refractivity contribution in [1.82, 2.24) is 0 Å². The van der Waals surface area contributed by atoms with Crippen molar-refractivity contribution in [1.29, 1.82) is 0 Å². The smallest absolute Gasteiger partial charge is 0.496 e. The van der Waals surface area contributed by atoms with Crippen molar-refractivity contribution >= 4 is 29.6 Å². The van der Waals surface area contributed by atoms with E-state index in [-0.39, 0.29) is 6.98 Å². The molecule has 4 nitrogen and oxygen atoms in total. The largest absolute Gasteiger partial charge is 0.538 e. The average molecular weight is 432 g/mol. The molecule has 0 bridgehead atoms. The molecule has 3 aromatic rings. The molecule has 5 heteroatoms. The molecule has 2 aliphatic heterocycles. The highest BCUT2D eigenvalue weighted by Gasteiger charge is 2.54. The highest BCUT2D eigenvalue weighted by molar-refractivity contribution is 6.85. The molecule has 5 rings (SSSR count). The Balaban J connectivity index is 0.000000561. The number of nitrogens with zero attached hydrogens (tertiary/aromatic N) is 3. The van der Waals surface area contributed by atoms with E-state index in [9.17, 15) is 0 Å². The van der Waals surface area contributed by atoms with Gasteiger partial charge in [-0.15, -0.1) is 0 Å². The van der Waals surface area contributed by atoms with Crippen LogP contribution < -0.4 is 24.4 Å². The second-order valence-electron chi connectivity index (χ2n) is 7.06. The van der Waals surface area contributed by atoms with Crippen molar-refractivity contribution in [3.8, 4) is 16.9 Å². The molecule has 0 spiro atoms. The van der Waals surface area contributed by atoms with Crippen LogP contribution >= 0.6 is 0 Å². The zero-order chi connectivity index (χ0) is 24.0. The molecule has 0 saturated heterocycles. The lowest BCUT2D eigenvalue weighted by atomic mass is 9.60. The van der Waals surface area contributed by atoms with Gasteiger partial charge in [0.2, 0.25) is 0 Å². The first-order valence-electron chi connectivity index (χ1n) is 11.9. The standard InChI is InChI=1S/C21H21BN3O.3C2H6/c1-14-19(26-4)12-11-18-20(14)25-21-16(9-7-13-23(21)2)15-8-5-6-10-17(15)22(25)24(18)3;3*1-2/h5-13H,1-4H3;3*1-2H3/q+1;;;. The number of methoxy groups -OCH3 is 1. The van der Waals surface area contributed by atoms with Crippen LogP contribution in [0.2, 0.25) is 0 Å². The summed E-state index contributed by atoms with van der Waals surface area (Å²) in [6.07, 6.45) is 2.12. The highest BCUT2D eigenvalue weighted by atomic mass is 16.5. The third-order valence-electron chi connectivity index (χ3n) is 5.72. The van der Waals surface area contributed by atoms with E-state index in [0.717, 1.165) is 5.75 Å². The van der Waals surface area contributed by atoms with E-state index >= 15 is 0 Å². The summed E-state index contributed by atoms with van der Waals surface area (Å²) in [6, 6.07) is 17.3. The molecule has 3 heterocycles. The maximum atomic E-state index is 5.62. The first-order valence-corrected chi connectivity index (χ1v) is 11.9. The molecule has 0 radical (unpaired) electrons. The normalized spacial score (nSPS) is 11.9. The minimum absolute atomic E-state index is 0.146. The van der Waals surface area contributed by atoms with Gasteiger partial charge in [-0.05, 0) is 43.8 Å². The van der Waals surface area contributed by atoms with Gasteiger partial charge in [0.15, 0.2) is 0 Å². The van der Waals surface area contributed by atoms with E-state index in [1.54, 1.807) is 7.11 Å². The van der Waals surface area contributed by atoms with Gasteiger partial charge in [-0.2, -0.15) is 0 Å². The number of anilines is 3. The maximum Gasteiger partial charge on any atom is 0.538 e. The van der Waals surface area contributed by atoms with Gasteiger partial charge in [-0.1, -0.05) is 65.8 Å². The van der Waals surface area contributed by atoms with Gasteiger partial charge >= 0.3 is 6.98 Å². The van der Waals surface area contributed by atoms with E-state index in [1.807, 2.05) is 41.5 Å². The van der Waals surface area contributed by atoms with Crippen molar-refractivity contribution in [2.45, 2.75) is 48.5 Å². The minimum atomic E-state index is 0.146. The summed E-state index contributed by atoms with van der Waals surface area (Å²) in [4.78, 5) is 4.83. The summed E-state index contributed by atoms with van der Waals surface area (Å²) in [5.41, 5.74) is 7.56. The maximum absolute atomic E-state index is 5.62. The summed E-state index contributed by atoms with van der Waals surface area (Å²) in [5, 5.41) is 0. The van der Waals surface area contributed by atoms with Crippen molar-refractivity contribution in [3.05, 3.63) is 60.3 Å². The minimum Gasteiger partial charge on any atom is -0.496 e. The molecule has 0 atom stereocenters. The predicted octanol–water partition coefficient (Wildman–Crippen LogP) is 5.87. The number of aromatic nitrogens is 1. The fourth-order valence-corrected chi connectivity index (χ4v) is 4.55. The summed E-state index contributed by atoms with van der Waals surface area (Å²) in [7, 11) is 6.04. The Morgan fingerprint density at radius 3 is 2.12 bits per heavy atom. The van der Waals surface area contributed by atoms with Gasteiger partial charge in [0.1, 0.15) is 11.4 Å². The monoisotopic (exact) mass is 432 g/mol. The van der Waals surface area contributed by atoms with Crippen molar-refractivity contribution < 1.29 is 9.30 Å². The zero-order valence-electron chi connectivity index (χ0n) is 21.5. The molecule has 0 unspecified atom stereocenters. The third kappa shape index (κ3) is 3.85. The van der Waals surface area contributed by atoms with E-state index in [2.05, 4.69) is 89.9 Å². The summed E-state index contributed by atoms with van der Waals surface area (Å²) in [5.74, 6) is 2.15. The number of hydrogen-bond acceptors (Lipinski definition) is 3. The Bertz CT molecular complexity index is 1050. The molecule has 2 aromatic carbocycles. The number of rotatable bonds is 1. The molecular weight excluding hydrogens is 393 g/mol. The second-order valence-corrected chi connectivity index (χ2v) is 7.06. The van der Waals surface area contributed by atoms with Gasteiger partial charge < -0.3 is 9.55 Å². The van der Waals surface area contributed by atoms with Crippen LogP contribution in [0, 0.1) is 6.92 Å². The SMILES string of the molecule is CC.CC.CC.COc1ccc2c(c1C)N1B(c3ccccc3-c3ccc[n+](C)c31)N2C. The quantitative estimate of drug-likeness (QED) is 0.354. The second kappa shape index (κ2) is 11.1. The summed E-state index contributed by atoms with van der Waals surface area (Å²) >= 11 is 0. The van der Waals surface area contributed by atoms with E-state index < -0.39 is 0 Å². The van der Waals surface area contributed by atoms with Gasteiger partial charge in [-0.25, -0.2) is 4.57 Å². The lowest BCUT2D eigenvalue weighted by Gasteiger charge is -2.29. The average Bonchev–Trinajstić information content (AvgIpc) is 3.16. The first kappa shape index (κ1) is 25.3. The number of pyridine rings is 1. The highest BCUT2D eigenvalue weighted by Crippen LogP contribution is 2.49. The van der Waals surface area contributed by atoms with Crippen molar-refractivity contribution in [2.75, 3.05) is 23.8 Å². The van der Waals surface area contributed by atoms with Crippen LogP contribution in [0.5, 0.6) is 5.75 Å². The van der Waals surface area contributed by atoms with Crippen molar-refractivity contribution in [2.24, 2.45) is 7.05 Å². The lowest BCUT2D eigenvalue weighted by Crippen LogP contribution is -2.58. The Hall–Kier alpha value is -2.95. The fraction of sp³-hybridized carbons (Fsp3) is 0.370. The van der Waals surface area contributed by atoms with Gasteiger partial charge in [-0.3, -0.25) is 4.81 Å². The molecule has 0 aliphatic carbocycles. The van der Waals surface area contributed by atoms with Crippen LogP contribution in [0.25, 0.3) is 11.1 Å². The van der Waals surface area contributed by atoms with E-state index in [4.69, 9.17) is 4.74 Å². The Labute approximate surface area is 195 Å². The molecule has 0 amide bonds. The van der Waals surface area contributed by atoms with Crippen molar-refractivity contribution in [3.63, 3.8) is 0 Å². The predicted molar refractivity (Wildman–Crippen MR) is 141 cm³/mol. The molecule has 32 heavy (non-hydrogen) atoms. The number of aryl methyl sites for hydroxylation is 1. The molecule has 0 fully saturated rings. The van der Waals surface area contributed by atoms with E-state index in [0.29, 0.717) is 0 Å². The molecular formula is C27H39BN3O+. The number of fused-ring (bicyclic) bond motifs is 8. The fourth-order valence-electron chi connectivity index (χ4n) is 4.55. The van der Waals surface area contributed by atoms with Crippen LogP contribution in [0.1, 0.15) is 47.1 Å². The molecule has 0 N–H and O–H groups in total. The summed E-state index contributed by atoms with van der Waals surface area (Å²) < 4.78 is 7.84. The number of ether oxygens (including phenoxy) is 1. The molecule has 1 aromatic heterocycles. The third-order valence-corrected chi connectivity index (χ3v) is 5.72. The topological polar surface area (TPSA) is 19.6 Å². The van der Waals surface area contributed by atoms with E-state index in [1.165, 1.54) is 39.3 Å². The Morgan fingerprint density at radius 2 is 1.47 bits per heavy atom. The number of hydrogen-bond donors (Lipinski definition) is 0. The number of benzene rings is 2. The summed E-state index contributed by atoms with van der Waals surface area (Å²) in [6.45, 7) is 14.3. The van der Waals surface area contributed by atoms with Crippen LogP contribution in [-0.2, 0) is 7.05 Å². The van der Waals surface area contributed by atoms with Crippen LogP contribution in [0.15, 0.2) is 54.7 Å². The van der Waals surface area contributed by atoms with Crippen LogP contribution in [0.3, 0.4) is 0 Å². The lowest BCUT2D eigenvalue weighted by molar-refractivity contribution is -0.657. The Morgan fingerprint density at radius 1 is 0.844 bits per heavy atom. The Kier molecular flexibility index (Phi) is 8.76. The van der Waals surface area contributed by atoms with Gasteiger partial charge in [0.05, 0.1) is 31.6 Å². The molecule has 170 valence electrons. The van der Waals surface area contributed by atoms with Gasteiger partial charge in [0.25, 0.3) is 5.82 Å². The zero-order valence-corrected chi connectivity index (χ0v) is 21.5. The van der Waals surface area contributed by atoms with Crippen LogP contribution in [-0.4, -0.2) is 21.1 Å². The first-order chi connectivity index (χ1) is 15.6. The molecule has 0 saturated carbocycles. The van der Waals surface area contributed by atoms with Crippen LogP contribution in [0.4, 0.5) is 17.2 Å². The van der Waals surface area contributed by atoms with Gasteiger partial charge in [0, 0.05) is 11.0 Å². The molecule has 2 aliphatic rings.